The standard InChI is InChI=1S/C27H24ClF3N2O3S/c1-26(2,34)24-16-33(25(32-24)15-19-13-20(28)9-12-23(19)27(29,30)31)21-10-7-17(8-11-21)18-5-4-6-22(14-18)37(3,35)36/h4-14,16,34H,15H2,1-3H3. The molecule has 10 heteroatoms. The van der Waals surface area contributed by atoms with Crippen LogP contribution < -0.4 is 0 Å². The van der Waals surface area contributed by atoms with Crippen molar-refractivity contribution in [1.82, 2.24) is 9.55 Å². The Morgan fingerprint density at radius 3 is 2.24 bits per heavy atom. The predicted molar refractivity (Wildman–Crippen MR) is 137 cm³/mol. The maximum atomic E-state index is 13.7. The summed E-state index contributed by atoms with van der Waals surface area (Å²) in [6.45, 7) is 3.09. The van der Waals surface area contributed by atoms with Gasteiger partial charge in [0.05, 0.1) is 16.2 Å². The van der Waals surface area contributed by atoms with Crippen molar-refractivity contribution in [2.75, 3.05) is 6.26 Å². The van der Waals surface area contributed by atoms with Crippen LogP contribution in [0.2, 0.25) is 5.02 Å². The van der Waals surface area contributed by atoms with Crippen molar-refractivity contribution in [2.24, 2.45) is 0 Å². The van der Waals surface area contributed by atoms with Crippen molar-refractivity contribution in [3.05, 3.63) is 101 Å². The number of benzene rings is 3. The van der Waals surface area contributed by atoms with Crippen molar-refractivity contribution in [2.45, 2.75) is 36.9 Å². The van der Waals surface area contributed by atoms with E-state index in [-0.39, 0.29) is 27.7 Å². The van der Waals surface area contributed by atoms with Gasteiger partial charge in [-0.1, -0.05) is 35.9 Å². The monoisotopic (exact) mass is 548 g/mol. The second-order valence-electron chi connectivity index (χ2n) is 9.29. The molecule has 1 N–H and O–H groups in total. The summed E-state index contributed by atoms with van der Waals surface area (Å²) in [5, 5.41) is 10.7. The second-order valence-corrected chi connectivity index (χ2v) is 11.7. The van der Waals surface area contributed by atoms with E-state index in [1.807, 2.05) is 0 Å². The van der Waals surface area contributed by atoms with E-state index in [1.165, 1.54) is 18.2 Å². The maximum absolute atomic E-state index is 13.7. The van der Waals surface area contributed by atoms with Gasteiger partial charge < -0.3 is 9.67 Å². The minimum Gasteiger partial charge on any atom is -0.384 e. The van der Waals surface area contributed by atoms with Crippen molar-refractivity contribution in [3.8, 4) is 16.8 Å². The van der Waals surface area contributed by atoms with Gasteiger partial charge in [0.25, 0.3) is 0 Å². The number of nitrogens with zero attached hydrogens (tertiary/aromatic N) is 2. The van der Waals surface area contributed by atoms with Crippen LogP contribution in [-0.4, -0.2) is 29.3 Å². The Morgan fingerprint density at radius 1 is 0.973 bits per heavy atom. The first kappa shape index (κ1) is 26.9. The lowest BCUT2D eigenvalue weighted by atomic mass is 10.0. The van der Waals surface area contributed by atoms with Gasteiger partial charge in [-0.3, -0.25) is 0 Å². The molecule has 0 spiro atoms. The van der Waals surface area contributed by atoms with E-state index in [4.69, 9.17) is 11.6 Å². The molecule has 4 aromatic rings. The topological polar surface area (TPSA) is 72.2 Å². The lowest BCUT2D eigenvalue weighted by Gasteiger charge is -2.14. The summed E-state index contributed by atoms with van der Waals surface area (Å²) in [6, 6.07) is 17.0. The summed E-state index contributed by atoms with van der Waals surface area (Å²) in [7, 11) is -3.37. The van der Waals surface area contributed by atoms with E-state index in [9.17, 15) is 26.7 Å². The first-order chi connectivity index (χ1) is 17.1. The van der Waals surface area contributed by atoms with Crippen molar-refractivity contribution in [1.29, 1.82) is 0 Å². The molecule has 0 radical (unpaired) electrons. The molecule has 0 saturated heterocycles. The third-order valence-electron chi connectivity index (χ3n) is 5.87. The fourth-order valence-electron chi connectivity index (χ4n) is 3.94. The van der Waals surface area contributed by atoms with Crippen LogP contribution in [0.4, 0.5) is 13.2 Å². The summed E-state index contributed by atoms with van der Waals surface area (Å²) < 4.78 is 66.5. The van der Waals surface area contributed by atoms with E-state index >= 15 is 0 Å². The summed E-state index contributed by atoms with van der Waals surface area (Å²) in [4.78, 5) is 4.66. The first-order valence-corrected chi connectivity index (χ1v) is 13.5. The number of sulfone groups is 1. The fraction of sp³-hybridized carbons (Fsp3) is 0.222. The van der Waals surface area contributed by atoms with Gasteiger partial charge in [-0.15, -0.1) is 0 Å². The predicted octanol–water partition coefficient (Wildman–Crippen LogP) is 6.43. The normalized spacial score (nSPS) is 12.6. The van der Waals surface area contributed by atoms with Gasteiger partial charge >= 0.3 is 6.18 Å². The second kappa shape index (κ2) is 9.63. The molecule has 0 saturated carbocycles. The summed E-state index contributed by atoms with van der Waals surface area (Å²) in [6.07, 6.45) is -2.02. The fourth-order valence-corrected chi connectivity index (χ4v) is 4.80. The van der Waals surface area contributed by atoms with Gasteiger partial charge in [-0.2, -0.15) is 13.2 Å². The summed E-state index contributed by atoms with van der Waals surface area (Å²) >= 11 is 6.01. The van der Waals surface area contributed by atoms with Gasteiger partial charge in [-0.05, 0) is 73.0 Å². The Bertz CT molecular complexity index is 1560. The lowest BCUT2D eigenvalue weighted by Crippen LogP contribution is -2.16. The van der Waals surface area contributed by atoms with Gasteiger partial charge in [-0.25, -0.2) is 13.4 Å². The van der Waals surface area contributed by atoms with Gasteiger partial charge in [0.2, 0.25) is 0 Å². The highest BCUT2D eigenvalue weighted by Crippen LogP contribution is 2.35. The molecule has 0 atom stereocenters. The van der Waals surface area contributed by atoms with Crippen LogP contribution in [0.5, 0.6) is 0 Å². The molecule has 0 aliphatic heterocycles. The van der Waals surface area contributed by atoms with Gasteiger partial charge in [0.1, 0.15) is 11.4 Å². The highest BCUT2D eigenvalue weighted by atomic mass is 35.5. The van der Waals surface area contributed by atoms with Crippen LogP contribution in [0.1, 0.15) is 36.5 Å². The molecular weight excluding hydrogens is 525 g/mol. The zero-order valence-electron chi connectivity index (χ0n) is 20.2. The Morgan fingerprint density at radius 2 is 1.65 bits per heavy atom. The van der Waals surface area contributed by atoms with E-state index in [0.29, 0.717) is 16.9 Å². The Balaban J connectivity index is 1.77. The molecule has 5 nitrogen and oxygen atoms in total. The SMILES string of the molecule is CC(C)(O)c1cn(-c2ccc(-c3cccc(S(C)(=O)=O)c3)cc2)c(Cc2cc(Cl)ccc2C(F)(F)F)n1. The van der Waals surface area contributed by atoms with Crippen LogP contribution in [0, 0.1) is 0 Å². The van der Waals surface area contributed by atoms with Crippen molar-refractivity contribution in [3.63, 3.8) is 0 Å². The van der Waals surface area contributed by atoms with E-state index in [0.717, 1.165) is 17.9 Å². The molecule has 0 amide bonds. The first-order valence-electron chi connectivity index (χ1n) is 11.2. The lowest BCUT2D eigenvalue weighted by molar-refractivity contribution is -0.138. The zero-order valence-corrected chi connectivity index (χ0v) is 21.8. The third-order valence-corrected chi connectivity index (χ3v) is 7.21. The maximum Gasteiger partial charge on any atom is 0.416 e. The molecule has 0 fully saturated rings. The number of aromatic nitrogens is 2. The average molecular weight is 549 g/mol. The van der Waals surface area contributed by atoms with Crippen LogP contribution in [0.3, 0.4) is 0 Å². The highest BCUT2D eigenvalue weighted by Gasteiger charge is 2.34. The molecule has 1 heterocycles. The summed E-state index contributed by atoms with van der Waals surface area (Å²) in [5.41, 5.74) is 0.187. The summed E-state index contributed by atoms with van der Waals surface area (Å²) in [5.74, 6) is 0.289. The van der Waals surface area contributed by atoms with E-state index in [2.05, 4.69) is 4.98 Å². The Hall–Kier alpha value is -3.14. The van der Waals surface area contributed by atoms with E-state index in [1.54, 1.807) is 67.1 Å². The molecule has 4 rings (SSSR count). The molecule has 1 aromatic heterocycles. The number of halogens is 4. The minimum atomic E-state index is -4.57. The Kier molecular flexibility index (Phi) is 7.00. The number of hydrogen-bond donors (Lipinski definition) is 1. The van der Waals surface area contributed by atoms with Crippen LogP contribution >= 0.6 is 11.6 Å². The number of rotatable bonds is 6. The smallest absolute Gasteiger partial charge is 0.384 e. The van der Waals surface area contributed by atoms with Crippen LogP contribution in [0.15, 0.2) is 77.8 Å². The molecule has 0 aliphatic carbocycles. The number of alkyl halides is 3. The molecule has 0 unspecified atom stereocenters. The van der Waals surface area contributed by atoms with Gasteiger partial charge in [0.15, 0.2) is 9.84 Å². The van der Waals surface area contributed by atoms with Crippen molar-refractivity contribution >= 4 is 21.4 Å². The minimum absolute atomic E-state index is 0.0386. The van der Waals surface area contributed by atoms with Crippen LogP contribution in [-0.2, 0) is 28.0 Å². The molecule has 0 aliphatic rings. The largest absolute Gasteiger partial charge is 0.416 e. The van der Waals surface area contributed by atoms with Gasteiger partial charge in [0, 0.05) is 29.6 Å². The molecule has 194 valence electrons. The number of imidazole rings is 1. The third kappa shape index (κ3) is 6.06. The number of aliphatic hydroxyl groups is 1. The average Bonchev–Trinajstić information content (AvgIpc) is 3.22. The molecular formula is C27H24ClF3N2O3S. The Labute approximate surface area is 218 Å². The van der Waals surface area contributed by atoms with Crippen molar-refractivity contribution < 1.29 is 26.7 Å². The number of hydrogen-bond acceptors (Lipinski definition) is 4. The van der Waals surface area contributed by atoms with Crippen LogP contribution in [0.25, 0.3) is 16.8 Å². The van der Waals surface area contributed by atoms with E-state index < -0.39 is 27.2 Å². The molecule has 0 bridgehead atoms. The highest BCUT2D eigenvalue weighted by molar-refractivity contribution is 7.90. The zero-order chi connectivity index (χ0) is 27.2. The molecule has 3 aromatic carbocycles. The molecule has 37 heavy (non-hydrogen) atoms. The quantitative estimate of drug-likeness (QED) is 0.301.